The third kappa shape index (κ3) is 1.18. The van der Waals surface area contributed by atoms with Crippen molar-refractivity contribution < 1.29 is 4.70 Å². The van der Waals surface area contributed by atoms with Crippen LogP contribution in [0.1, 0.15) is 12.8 Å². The summed E-state index contributed by atoms with van der Waals surface area (Å²) in [7, 11) is 0. The standard InChI is InChI=1S/C12H13N2/c1-2-4-11(5-3-1)14-12-8-6-10(13-14)7-9-12/h1-6,8,10,12H,7,9H2/q+1. The van der Waals surface area contributed by atoms with Crippen molar-refractivity contribution in [3.8, 4) is 0 Å². The van der Waals surface area contributed by atoms with Gasteiger partial charge in [-0.25, -0.2) is 0 Å². The third-order valence-electron chi connectivity index (χ3n) is 2.92. The van der Waals surface area contributed by atoms with Crippen LogP contribution in [0.25, 0.3) is 0 Å². The summed E-state index contributed by atoms with van der Waals surface area (Å²) in [6, 6.07) is 11.3. The van der Waals surface area contributed by atoms with E-state index in [4.69, 9.17) is 0 Å². The molecular formula is C12H13N2+. The first-order valence-electron chi connectivity index (χ1n) is 5.17. The molecule has 0 saturated carbocycles. The molecular weight excluding hydrogens is 172 g/mol. The molecule has 14 heavy (non-hydrogen) atoms. The molecule has 2 heteroatoms. The Kier molecular flexibility index (Phi) is 1.72. The molecule has 2 heterocycles. The molecule has 1 aromatic carbocycles. The summed E-state index contributed by atoms with van der Waals surface area (Å²) in [6.07, 6.45) is 6.96. The Labute approximate surface area is 83.6 Å². The summed E-state index contributed by atoms with van der Waals surface area (Å²) >= 11 is 0. The molecule has 2 unspecified atom stereocenters. The summed E-state index contributed by atoms with van der Waals surface area (Å²) in [5.74, 6) is 0. The SMILES string of the molecule is C1=CC2CCC1N=[N+]2c1ccccc1. The van der Waals surface area contributed by atoms with E-state index in [2.05, 4.69) is 46.2 Å². The lowest BCUT2D eigenvalue weighted by Gasteiger charge is -2.22. The van der Waals surface area contributed by atoms with E-state index in [-0.39, 0.29) is 0 Å². The van der Waals surface area contributed by atoms with Crippen LogP contribution in [-0.4, -0.2) is 16.8 Å². The van der Waals surface area contributed by atoms with Gasteiger partial charge in [0.25, 0.3) is 0 Å². The van der Waals surface area contributed by atoms with Crippen molar-refractivity contribution in [3.05, 3.63) is 42.5 Å². The highest BCUT2D eigenvalue weighted by atomic mass is 15.3. The first kappa shape index (κ1) is 7.92. The number of nitrogens with zero attached hydrogens (tertiary/aromatic N) is 2. The summed E-state index contributed by atoms with van der Waals surface area (Å²) in [5, 5.41) is 4.67. The molecule has 0 amide bonds. The summed E-state index contributed by atoms with van der Waals surface area (Å²) in [5.41, 5.74) is 1.21. The molecule has 1 aliphatic carbocycles. The average molecular weight is 185 g/mol. The highest BCUT2D eigenvalue weighted by Gasteiger charge is 2.33. The van der Waals surface area contributed by atoms with Gasteiger partial charge in [-0.2, -0.15) is 0 Å². The minimum atomic E-state index is 0.417. The van der Waals surface area contributed by atoms with Crippen LogP contribution in [-0.2, 0) is 0 Å². The minimum Gasteiger partial charge on any atom is -0.0821 e. The van der Waals surface area contributed by atoms with Gasteiger partial charge in [0.1, 0.15) is 6.04 Å². The zero-order chi connectivity index (χ0) is 9.38. The molecule has 0 saturated heterocycles. The Bertz CT molecular complexity index is 392. The molecule has 1 aromatic rings. The molecule has 70 valence electrons. The van der Waals surface area contributed by atoms with Crippen LogP contribution >= 0.6 is 0 Å². The largest absolute Gasteiger partial charge is 0.232 e. The number of fused-ring (bicyclic) bond motifs is 1. The lowest BCUT2D eigenvalue weighted by atomic mass is 9.96. The molecule has 2 aliphatic heterocycles. The maximum Gasteiger partial charge on any atom is 0.232 e. The molecule has 3 aliphatic rings. The smallest absolute Gasteiger partial charge is 0.0821 e. The number of hydrogen-bond donors (Lipinski definition) is 0. The first-order valence-corrected chi connectivity index (χ1v) is 5.17. The lowest BCUT2D eigenvalue weighted by Crippen LogP contribution is -2.31. The summed E-state index contributed by atoms with van der Waals surface area (Å²) in [4.78, 5) is 0. The zero-order valence-electron chi connectivity index (χ0n) is 8.00. The van der Waals surface area contributed by atoms with E-state index in [1.54, 1.807) is 0 Å². The van der Waals surface area contributed by atoms with Gasteiger partial charge in [-0.1, -0.05) is 29.0 Å². The maximum atomic E-state index is 4.67. The fraction of sp³-hybridized carbons (Fsp3) is 0.333. The van der Waals surface area contributed by atoms with Gasteiger partial charge in [0.05, 0.1) is 0 Å². The van der Waals surface area contributed by atoms with Crippen LogP contribution in [0.5, 0.6) is 0 Å². The molecule has 2 nitrogen and oxygen atoms in total. The Balaban J connectivity index is 2.01. The summed E-state index contributed by atoms with van der Waals surface area (Å²) < 4.78 is 2.16. The predicted octanol–water partition coefficient (Wildman–Crippen LogP) is 2.88. The Morgan fingerprint density at radius 3 is 2.50 bits per heavy atom. The topological polar surface area (TPSA) is 15.4 Å². The second-order valence-corrected chi connectivity index (χ2v) is 3.89. The monoisotopic (exact) mass is 185 g/mol. The van der Waals surface area contributed by atoms with Crippen LogP contribution in [0, 0.1) is 0 Å². The van der Waals surface area contributed by atoms with Crippen LogP contribution in [0.15, 0.2) is 47.6 Å². The molecule has 2 atom stereocenters. The number of rotatable bonds is 1. The Morgan fingerprint density at radius 1 is 1.07 bits per heavy atom. The van der Waals surface area contributed by atoms with Crippen molar-refractivity contribution >= 4 is 5.69 Å². The number of hydrogen-bond acceptors (Lipinski definition) is 1. The van der Waals surface area contributed by atoms with E-state index < -0.39 is 0 Å². The zero-order valence-corrected chi connectivity index (χ0v) is 8.00. The van der Waals surface area contributed by atoms with Crippen LogP contribution in [0.3, 0.4) is 0 Å². The van der Waals surface area contributed by atoms with E-state index in [1.165, 1.54) is 18.5 Å². The van der Waals surface area contributed by atoms with Gasteiger partial charge in [-0.05, 0) is 17.6 Å². The van der Waals surface area contributed by atoms with Crippen molar-refractivity contribution in [2.45, 2.75) is 24.9 Å². The molecule has 0 radical (unpaired) electrons. The number of para-hydroxylation sites is 1. The molecule has 0 spiro atoms. The van der Waals surface area contributed by atoms with E-state index in [0.717, 1.165) is 0 Å². The van der Waals surface area contributed by atoms with Gasteiger partial charge in [0.2, 0.25) is 11.7 Å². The third-order valence-corrected chi connectivity index (χ3v) is 2.92. The second-order valence-electron chi connectivity index (χ2n) is 3.89. The maximum absolute atomic E-state index is 4.67. The van der Waals surface area contributed by atoms with Crippen molar-refractivity contribution in [2.75, 3.05) is 0 Å². The minimum absolute atomic E-state index is 0.417. The summed E-state index contributed by atoms with van der Waals surface area (Å²) in [6.45, 7) is 0. The average Bonchev–Trinajstić information content (AvgIpc) is 2.32. The normalized spacial score (nSPS) is 29.0. The molecule has 0 N–H and O–H groups in total. The van der Waals surface area contributed by atoms with Gasteiger partial charge >= 0.3 is 0 Å². The van der Waals surface area contributed by atoms with Crippen molar-refractivity contribution in [2.24, 2.45) is 5.11 Å². The predicted molar refractivity (Wildman–Crippen MR) is 54.7 cm³/mol. The van der Waals surface area contributed by atoms with E-state index in [1.807, 2.05) is 6.07 Å². The molecule has 4 rings (SSSR count). The Hall–Kier alpha value is -1.44. The number of benzene rings is 1. The number of azo groups is 2. The molecule has 0 aromatic heterocycles. The van der Waals surface area contributed by atoms with E-state index in [9.17, 15) is 0 Å². The van der Waals surface area contributed by atoms with Crippen molar-refractivity contribution in [1.29, 1.82) is 0 Å². The van der Waals surface area contributed by atoms with E-state index in [0.29, 0.717) is 12.1 Å². The van der Waals surface area contributed by atoms with Crippen LogP contribution in [0.2, 0.25) is 0 Å². The molecule has 2 bridgehead atoms. The highest BCUT2D eigenvalue weighted by Crippen LogP contribution is 2.28. The first-order chi connectivity index (χ1) is 6.93. The van der Waals surface area contributed by atoms with Crippen LogP contribution < -0.4 is 0 Å². The lowest BCUT2D eigenvalue weighted by molar-refractivity contribution is -0.554. The van der Waals surface area contributed by atoms with Gasteiger partial charge in [-0.3, -0.25) is 0 Å². The van der Waals surface area contributed by atoms with E-state index >= 15 is 0 Å². The Morgan fingerprint density at radius 2 is 1.93 bits per heavy atom. The fourth-order valence-corrected chi connectivity index (χ4v) is 2.17. The van der Waals surface area contributed by atoms with Crippen molar-refractivity contribution in [1.82, 2.24) is 0 Å². The fourth-order valence-electron chi connectivity index (χ4n) is 2.17. The van der Waals surface area contributed by atoms with Crippen molar-refractivity contribution in [3.63, 3.8) is 0 Å². The van der Waals surface area contributed by atoms with Gasteiger partial charge in [0, 0.05) is 18.6 Å². The van der Waals surface area contributed by atoms with Gasteiger partial charge in [0.15, 0.2) is 0 Å². The quantitative estimate of drug-likeness (QED) is 0.472. The second kappa shape index (κ2) is 3.05. The molecule has 0 fully saturated rings. The van der Waals surface area contributed by atoms with Crippen LogP contribution in [0.4, 0.5) is 5.69 Å². The van der Waals surface area contributed by atoms with Gasteiger partial charge < -0.3 is 0 Å². The van der Waals surface area contributed by atoms with Gasteiger partial charge in [-0.15, -0.1) is 0 Å². The highest BCUT2D eigenvalue weighted by molar-refractivity contribution is 5.29.